The van der Waals surface area contributed by atoms with Gasteiger partial charge in [-0.1, -0.05) is 23.7 Å². The predicted octanol–water partition coefficient (Wildman–Crippen LogP) is 4.16. The number of likely N-dealkylation sites (tertiary alicyclic amines) is 1. The minimum atomic E-state index is -0.0473. The van der Waals surface area contributed by atoms with Crippen molar-refractivity contribution in [2.75, 3.05) is 19.7 Å². The number of halogens is 1. The van der Waals surface area contributed by atoms with Crippen molar-refractivity contribution >= 4 is 23.4 Å². The highest BCUT2D eigenvalue weighted by Gasteiger charge is 2.26. The first-order chi connectivity index (χ1) is 14.1. The van der Waals surface area contributed by atoms with Crippen LogP contribution in [0.5, 0.6) is 5.75 Å². The molecule has 0 radical (unpaired) electrons. The molecule has 1 saturated carbocycles. The number of benzene rings is 2. The average molecular weight is 413 g/mol. The first kappa shape index (κ1) is 19.8. The van der Waals surface area contributed by atoms with Crippen molar-refractivity contribution in [2.45, 2.75) is 31.7 Å². The van der Waals surface area contributed by atoms with Gasteiger partial charge in [-0.3, -0.25) is 9.59 Å². The van der Waals surface area contributed by atoms with Crippen molar-refractivity contribution in [3.63, 3.8) is 0 Å². The number of piperidine rings is 1. The van der Waals surface area contributed by atoms with Crippen molar-refractivity contribution in [3.8, 4) is 5.75 Å². The second kappa shape index (κ2) is 8.87. The van der Waals surface area contributed by atoms with Crippen LogP contribution in [0.25, 0.3) is 0 Å². The second-order valence-corrected chi connectivity index (χ2v) is 8.29. The second-order valence-electron chi connectivity index (χ2n) is 7.86. The van der Waals surface area contributed by atoms with Crippen LogP contribution in [0, 0.1) is 5.92 Å². The minimum absolute atomic E-state index is 0.0101. The van der Waals surface area contributed by atoms with Gasteiger partial charge in [0, 0.05) is 41.2 Å². The van der Waals surface area contributed by atoms with E-state index >= 15 is 0 Å². The lowest BCUT2D eigenvalue weighted by Crippen LogP contribution is -2.41. The van der Waals surface area contributed by atoms with Crippen LogP contribution >= 0.6 is 11.6 Å². The molecule has 2 aromatic rings. The van der Waals surface area contributed by atoms with E-state index < -0.39 is 0 Å². The van der Waals surface area contributed by atoms with Crippen LogP contribution in [0.1, 0.15) is 46.4 Å². The van der Waals surface area contributed by atoms with Gasteiger partial charge in [-0.2, -0.15) is 0 Å². The Balaban J connectivity index is 1.33. The third-order valence-electron chi connectivity index (χ3n) is 5.37. The lowest BCUT2D eigenvalue weighted by molar-refractivity contribution is 0.0633. The zero-order chi connectivity index (χ0) is 20.2. The van der Waals surface area contributed by atoms with Crippen LogP contribution in [0.2, 0.25) is 5.02 Å². The smallest absolute Gasteiger partial charge is 0.253 e. The van der Waals surface area contributed by atoms with Gasteiger partial charge in [0.1, 0.15) is 5.75 Å². The summed E-state index contributed by atoms with van der Waals surface area (Å²) in [4.78, 5) is 26.9. The Kier molecular flexibility index (Phi) is 6.05. The molecule has 1 heterocycles. The van der Waals surface area contributed by atoms with Gasteiger partial charge in [0.2, 0.25) is 0 Å². The van der Waals surface area contributed by atoms with Gasteiger partial charge in [0.25, 0.3) is 11.8 Å². The molecule has 1 unspecified atom stereocenters. The van der Waals surface area contributed by atoms with Crippen LogP contribution in [0.3, 0.4) is 0 Å². The van der Waals surface area contributed by atoms with Gasteiger partial charge in [-0.15, -0.1) is 0 Å². The van der Waals surface area contributed by atoms with Gasteiger partial charge in [-0.05, 0) is 62.1 Å². The third-order valence-corrected chi connectivity index (χ3v) is 5.61. The predicted molar refractivity (Wildman–Crippen MR) is 113 cm³/mol. The summed E-state index contributed by atoms with van der Waals surface area (Å²) < 4.78 is 5.97. The maximum Gasteiger partial charge on any atom is 0.253 e. The number of carbonyl (C=O) groups is 2. The quantitative estimate of drug-likeness (QED) is 0.774. The monoisotopic (exact) mass is 412 g/mol. The molecule has 29 heavy (non-hydrogen) atoms. The Labute approximate surface area is 176 Å². The molecular weight excluding hydrogens is 388 g/mol. The van der Waals surface area contributed by atoms with E-state index in [-0.39, 0.29) is 17.7 Å². The molecule has 5 nitrogen and oxygen atoms in total. The molecule has 0 bridgehead atoms. The van der Waals surface area contributed by atoms with Gasteiger partial charge in [0.05, 0.1) is 6.61 Å². The molecule has 0 aromatic heterocycles. The molecule has 6 heteroatoms. The molecule has 4 rings (SSSR count). The fraction of sp³-hybridized carbons (Fsp3) is 0.391. The molecule has 1 aliphatic carbocycles. The zero-order valence-electron chi connectivity index (χ0n) is 16.3. The topological polar surface area (TPSA) is 58.6 Å². The van der Waals surface area contributed by atoms with E-state index in [4.69, 9.17) is 16.3 Å². The number of hydrogen-bond acceptors (Lipinski definition) is 3. The van der Waals surface area contributed by atoms with Crippen molar-refractivity contribution in [1.29, 1.82) is 0 Å². The fourth-order valence-corrected chi connectivity index (χ4v) is 3.82. The summed E-state index contributed by atoms with van der Waals surface area (Å²) in [6.07, 6.45) is 4.09. The number of amides is 2. The Morgan fingerprint density at radius 1 is 1.07 bits per heavy atom. The highest BCUT2D eigenvalue weighted by atomic mass is 35.5. The van der Waals surface area contributed by atoms with Crippen molar-refractivity contribution in [1.82, 2.24) is 10.2 Å². The highest BCUT2D eigenvalue weighted by Crippen LogP contribution is 2.23. The summed E-state index contributed by atoms with van der Waals surface area (Å²) in [5.41, 5.74) is 1.24. The molecule has 2 aromatic carbocycles. The number of rotatable bonds is 6. The van der Waals surface area contributed by atoms with Gasteiger partial charge in [0.15, 0.2) is 0 Å². The highest BCUT2D eigenvalue weighted by molar-refractivity contribution is 6.30. The van der Waals surface area contributed by atoms with Gasteiger partial charge in [-0.25, -0.2) is 0 Å². The summed E-state index contributed by atoms with van der Waals surface area (Å²) in [7, 11) is 0. The Bertz CT molecular complexity index is 897. The molecule has 1 aliphatic heterocycles. The molecular formula is C23H25ClN2O3. The van der Waals surface area contributed by atoms with E-state index in [0.29, 0.717) is 41.1 Å². The average Bonchev–Trinajstić information content (AvgIpc) is 3.56. The van der Waals surface area contributed by atoms with E-state index in [2.05, 4.69) is 5.32 Å². The van der Waals surface area contributed by atoms with Crippen LogP contribution in [-0.2, 0) is 0 Å². The number of hydrogen-bond donors (Lipinski definition) is 1. The lowest BCUT2D eigenvalue weighted by Gasteiger charge is -2.32. The van der Waals surface area contributed by atoms with Crippen molar-refractivity contribution in [3.05, 3.63) is 64.7 Å². The molecule has 1 N–H and O–H groups in total. The number of nitrogens with zero attached hydrogens (tertiary/aromatic N) is 1. The fourth-order valence-electron chi connectivity index (χ4n) is 3.63. The maximum atomic E-state index is 12.8. The molecule has 2 aliphatic rings. The molecule has 152 valence electrons. The van der Waals surface area contributed by atoms with Crippen LogP contribution in [0.15, 0.2) is 48.5 Å². The van der Waals surface area contributed by atoms with E-state index in [1.807, 2.05) is 17.0 Å². The Hall–Kier alpha value is -2.53. The van der Waals surface area contributed by atoms with Gasteiger partial charge < -0.3 is 15.0 Å². The number of nitrogens with one attached hydrogen (secondary N) is 1. The SMILES string of the molecule is O=C(NC1CC1)c1cccc(OCC2CCCN(C(=O)c3cccc(Cl)c3)C2)c1. The Morgan fingerprint density at radius 3 is 2.66 bits per heavy atom. The molecule has 1 atom stereocenters. The summed E-state index contributed by atoms with van der Waals surface area (Å²) in [5, 5.41) is 3.56. The van der Waals surface area contributed by atoms with Crippen molar-refractivity contribution in [2.24, 2.45) is 5.92 Å². The lowest BCUT2D eigenvalue weighted by atomic mass is 9.98. The Morgan fingerprint density at radius 2 is 1.86 bits per heavy atom. The van der Waals surface area contributed by atoms with Gasteiger partial charge >= 0.3 is 0 Å². The van der Waals surface area contributed by atoms with E-state index in [1.165, 1.54) is 0 Å². The molecule has 1 saturated heterocycles. The van der Waals surface area contributed by atoms with E-state index in [1.54, 1.807) is 36.4 Å². The van der Waals surface area contributed by atoms with Crippen molar-refractivity contribution < 1.29 is 14.3 Å². The standard InChI is InChI=1S/C23H25ClN2O3/c24-19-7-1-6-18(12-19)23(28)26-11-3-4-16(14-26)15-29-21-8-2-5-17(13-21)22(27)25-20-9-10-20/h1-2,5-8,12-13,16,20H,3-4,9-11,14-15H2,(H,25,27). The van der Waals surface area contributed by atoms with Crippen LogP contribution in [0.4, 0.5) is 0 Å². The summed E-state index contributed by atoms with van der Waals surface area (Å²) in [6, 6.07) is 14.7. The molecule has 2 fully saturated rings. The minimum Gasteiger partial charge on any atom is -0.493 e. The first-order valence-corrected chi connectivity index (χ1v) is 10.5. The van der Waals surface area contributed by atoms with E-state index in [9.17, 15) is 9.59 Å². The third kappa shape index (κ3) is 5.30. The maximum absolute atomic E-state index is 12.8. The normalized spacial score (nSPS) is 18.9. The zero-order valence-corrected chi connectivity index (χ0v) is 17.0. The summed E-state index contributed by atoms with van der Waals surface area (Å²) >= 11 is 6.02. The van der Waals surface area contributed by atoms with Crippen LogP contribution in [-0.4, -0.2) is 42.5 Å². The number of carbonyl (C=O) groups excluding carboxylic acids is 2. The number of ether oxygens (including phenoxy) is 1. The summed E-state index contributed by atoms with van der Waals surface area (Å²) in [5.74, 6) is 0.910. The molecule has 2 amide bonds. The first-order valence-electron chi connectivity index (χ1n) is 10.2. The van der Waals surface area contributed by atoms with Crippen LogP contribution < -0.4 is 10.1 Å². The summed E-state index contributed by atoms with van der Waals surface area (Å²) in [6.45, 7) is 1.93. The van der Waals surface area contributed by atoms with E-state index in [0.717, 1.165) is 32.2 Å². The largest absolute Gasteiger partial charge is 0.493 e. The molecule has 0 spiro atoms.